The second-order valence-corrected chi connectivity index (χ2v) is 5.92. The number of aryl methyl sites for hydroxylation is 1. The third-order valence-electron chi connectivity index (χ3n) is 3.33. The smallest absolute Gasteiger partial charge is 0.191 e. The van der Waals surface area contributed by atoms with Gasteiger partial charge in [-0.25, -0.2) is 4.99 Å². The number of aliphatic imine (C=N–C) groups is 1. The standard InChI is InChI=1S/C15H30N6.HI/c1-6-16-15(17-10-14-20-18-11-21(14)5)19-13(4)9-7-8-12(2)3;/h11-13H,6-10H2,1-5H3,(H2,16,17,19);1H. The number of halogens is 1. The number of nitrogens with zero attached hydrogens (tertiary/aromatic N) is 4. The van der Waals surface area contributed by atoms with E-state index in [0.717, 1.165) is 30.7 Å². The summed E-state index contributed by atoms with van der Waals surface area (Å²) in [6.45, 7) is 10.2. The van der Waals surface area contributed by atoms with Crippen LogP contribution < -0.4 is 10.6 Å². The van der Waals surface area contributed by atoms with E-state index in [9.17, 15) is 0 Å². The predicted octanol–water partition coefficient (Wildman–Crippen LogP) is 2.70. The van der Waals surface area contributed by atoms with Crippen molar-refractivity contribution in [3.63, 3.8) is 0 Å². The van der Waals surface area contributed by atoms with Gasteiger partial charge in [-0.05, 0) is 26.2 Å². The summed E-state index contributed by atoms with van der Waals surface area (Å²) in [7, 11) is 1.93. The van der Waals surface area contributed by atoms with Crippen LogP contribution in [0, 0.1) is 5.92 Å². The van der Waals surface area contributed by atoms with Gasteiger partial charge in [-0.3, -0.25) is 0 Å². The Morgan fingerprint density at radius 3 is 2.59 bits per heavy atom. The highest BCUT2D eigenvalue weighted by atomic mass is 127. The highest BCUT2D eigenvalue weighted by molar-refractivity contribution is 14.0. The van der Waals surface area contributed by atoms with E-state index in [0.29, 0.717) is 12.6 Å². The monoisotopic (exact) mass is 422 g/mol. The van der Waals surface area contributed by atoms with Crippen molar-refractivity contribution >= 4 is 29.9 Å². The van der Waals surface area contributed by atoms with Crippen molar-refractivity contribution in [3.8, 4) is 0 Å². The van der Waals surface area contributed by atoms with E-state index in [1.165, 1.54) is 12.8 Å². The lowest BCUT2D eigenvalue weighted by Gasteiger charge is -2.18. The van der Waals surface area contributed by atoms with Gasteiger partial charge in [0.1, 0.15) is 12.9 Å². The van der Waals surface area contributed by atoms with Crippen LogP contribution in [-0.4, -0.2) is 33.3 Å². The van der Waals surface area contributed by atoms with E-state index < -0.39 is 0 Å². The van der Waals surface area contributed by atoms with Crippen molar-refractivity contribution in [1.29, 1.82) is 0 Å². The molecular formula is C15H31IN6. The van der Waals surface area contributed by atoms with E-state index in [2.05, 4.69) is 53.5 Å². The van der Waals surface area contributed by atoms with Gasteiger partial charge in [0.15, 0.2) is 11.8 Å². The van der Waals surface area contributed by atoms with Crippen molar-refractivity contribution in [2.45, 2.75) is 59.5 Å². The maximum Gasteiger partial charge on any atom is 0.191 e. The van der Waals surface area contributed by atoms with Gasteiger partial charge < -0.3 is 15.2 Å². The molecule has 7 heteroatoms. The van der Waals surface area contributed by atoms with Crippen molar-refractivity contribution in [3.05, 3.63) is 12.2 Å². The summed E-state index contributed by atoms with van der Waals surface area (Å²) in [6.07, 6.45) is 5.37. The lowest BCUT2D eigenvalue weighted by molar-refractivity contribution is 0.491. The first kappa shape index (κ1) is 21.1. The average molecular weight is 422 g/mol. The summed E-state index contributed by atoms with van der Waals surface area (Å²) in [5.74, 6) is 2.48. The third-order valence-corrected chi connectivity index (χ3v) is 3.33. The molecule has 0 amide bonds. The average Bonchev–Trinajstić information content (AvgIpc) is 2.81. The summed E-state index contributed by atoms with van der Waals surface area (Å²) in [5.41, 5.74) is 0. The lowest BCUT2D eigenvalue weighted by atomic mass is 10.0. The van der Waals surface area contributed by atoms with Crippen LogP contribution in [0.2, 0.25) is 0 Å². The molecule has 1 atom stereocenters. The van der Waals surface area contributed by atoms with Crippen LogP contribution in [0.5, 0.6) is 0 Å². The first-order valence-corrected chi connectivity index (χ1v) is 7.90. The minimum Gasteiger partial charge on any atom is -0.357 e. The SMILES string of the molecule is CCNC(=NCc1nncn1C)NC(C)CCCC(C)C.I. The number of rotatable bonds is 8. The van der Waals surface area contributed by atoms with Crippen molar-refractivity contribution in [1.82, 2.24) is 25.4 Å². The fourth-order valence-corrected chi connectivity index (χ4v) is 2.06. The summed E-state index contributed by atoms with van der Waals surface area (Å²) < 4.78 is 1.89. The molecule has 0 bridgehead atoms. The van der Waals surface area contributed by atoms with Crippen molar-refractivity contribution in [2.75, 3.05) is 6.54 Å². The van der Waals surface area contributed by atoms with E-state index in [-0.39, 0.29) is 24.0 Å². The van der Waals surface area contributed by atoms with Gasteiger partial charge in [0.05, 0.1) is 0 Å². The van der Waals surface area contributed by atoms with Crippen LogP contribution in [0.3, 0.4) is 0 Å². The molecule has 6 nitrogen and oxygen atoms in total. The Hall–Kier alpha value is -0.860. The molecular weight excluding hydrogens is 391 g/mol. The Balaban J connectivity index is 0.00000441. The predicted molar refractivity (Wildman–Crippen MR) is 103 cm³/mol. The maximum absolute atomic E-state index is 4.57. The lowest BCUT2D eigenvalue weighted by Crippen LogP contribution is -2.42. The number of nitrogens with one attached hydrogen (secondary N) is 2. The molecule has 0 spiro atoms. The quantitative estimate of drug-likeness (QED) is 0.384. The molecule has 0 saturated heterocycles. The fraction of sp³-hybridized carbons (Fsp3) is 0.800. The van der Waals surface area contributed by atoms with E-state index >= 15 is 0 Å². The van der Waals surface area contributed by atoms with Gasteiger partial charge in [0.2, 0.25) is 0 Å². The molecule has 1 heterocycles. The maximum atomic E-state index is 4.57. The van der Waals surface area contributed by atoms with Gasteiger partial charge >= 0.3 is 0 Å². The van der Waals surface area contributed by atoms with Gasteiger partial charge in [-0.1, -0.05) is 26.7 Å². The molecule has 1 aromatic rings. The fourth-order valence-electron chi connectivity index (χ4n) is 2.06. The first-order valence-electron chi connectivity index (χ1n) is 7.90. The minimum absolute atomic E-state index is 0. The molecule has 0 aliphatic heterocycles. The Morgan fingerprint density at radius 1 is 1.32 bits per heavy atom. The second kappa shape index (κ2) is 11.7. The number of aromatic nitrogens is 3. The minimum atomic E-state index is 0. The van der Waals surface area contributed by atoms with Gasteiger partial charge in [-0.2, -0.15) is 0 Å². The molecule has 1 rings (SSSR count). The molecule has 2 N–H and O–H groups in total. The zero-order chi connectivity index (χ0) is 15.7. The molecule has 0 aliphatic carbocycles. The molecule has 0 saturated carbocycles. The van der Waals surface area contributed by atoms with Crippen molar-refractivity contribution < 1.29 is 0 Å². The Kier molecular flexibility index (Phi) is 11.2. The van der Waals surface area contributed by atoms with Crippen molar-refractivity contribution in [2.24, 2.45) is 18.0 Å². The van der Waals surface area contributed by atoms with Crippen LogP contribution in [0.25, 0.3) is 0 Å². The number of hydrogen-bond acceptors (Lipinski definition) is 3. The first-order chi connectivity index (χ1) is 10.0. The highest BCUT2D eigenvalue weighted by Crippen LogP contribution is 2.08. The van der Waals surface area contributed by atoms with Gasteiger partial charge in [-0.15, -0.1) is 34.2 Å². The van der Waals surface area contributed by atoms with Gasteiger partial charge in [0, 0.05) is 19.6 Å². The molecule has 22 heavy (non-hydrogen) atoms. The van der Waals surface area contributed by atoms with Crippen LogP contribution in [0.15, 0.2) is 11.3 Å². The van der Waals surface area contributed by atoms with Crippen LogP contribution in [-0.2, 0) is 13.6 Å². The largest absolute Gasteiger partial charge is 0.357 e. The Labute approximate surface area is 151 Å². The van der Waals surface area contributed by atoms with E-state index in [4.69, 9.17) is 0 Å². The molecule has 0 aliphatic rings. The summed E-state index contributed by atoms with van der Waals surface area (Å²) >= 11 is 0. The van der Waals surface area contributed by atoms with Crippen LogP contribution in [0.1, 0.15) is 52.8 Å². The molecule has 0 radical (unpaired) electrons. The second-order valence-electron chi connectivity index (χ2n) is 5.92. The highest BCUT2D eigenvalue weighted by Gasteiger charge is 2.06. The Morgan fingerprint density at radius 2 is 2.05 bits per heavy atom. The van der Waals surface area contributed by atoms with E-state index in [1.807, 2.05) is 11.6 Å². The number of guanidine groups is 1. The summed E-state index contributed by atoms with van der Waals surface area (Å²) in [6, 6.07) is 0.418. The van der Waals surface area contributed by atoms with E-state index in [1.54, 1.807) is 6.33 Å². The summed E-state index contributed by atoms with van der Waals surface area (Å²) in [5, 5.41) is 14.6. The zero-order valence-electron chi connectivity index (χ0n) is 14.5. The molecule has 128 valence electrons. The van der Waals surface area contributed by atoms with Gasteiger partial charge in [0.25, 0.3) is 0 Å². The topological polar surface area (TPSA) is 67.1 Å². The zero-order valence-corrected chi connectivity index (χ0v) is 16.8. The molecule has 0 fully saturated rings. The number of hydrogen-bond donors (Lipinski definition) is 2. The molecule has 1 unspecified atom stereocenters. The Bertz CT molecular complexity index is 429. The molecule has 1 aromatic heterocycles. The summed E-state index contributed by atoms with van der Waals surface area (Å²) in [4.78, 5) is 4.57. The third kappa shape index (κ3) is 8.55. The van der Waals surface area contributed by atoms with Crippen LogP contribution >= 0.6 is 24.0 Å². The normalized spacial score (nSPS) is 12.9. The molecule has 0 aromatic carbocycles. The van der Waals surface area contributed by atoms with Crippen LogP contribution in [0.4, 0.5) is 0 Å².